The fourth-order valence-electron chi connectivity index (χ4n) is 5.54. The van der Waals surface area contributed by atoms with Crippen LogP contribution in [0.25, 0.3) is 0 Å². The Morgan fingerprint density at radius 1 is 1.00 bits per heavy atom. The van der Waals surface area contributed by atoms with Crippen LogP contribution in [0.15, 0.2) is 0 Å². The normalized spacial score (nSPS) is 57.9. The molecule has 1 heteroatoms. The van der Waals surface area contributed by atoms with E-state index in [1.165, 1.54) is 25.7 Å². The van der Waals surface area contributed by atoms with E-state index < -0.39 is 0 Å². The average molecular weight is 219 g/mol. The molecule has 4 aliphatic rings. The molecule has 4 saturated carbocycles. The largest absolute Gasteiger partial charge is 0.310 e. The first-order valence-corrected chi connectivity index (χ1v) is 7.64. The van der Waals surface area contributed by atoms with Gasteiger partial charge in [0.2, 0.25) is 0 Å². The van der Waals surface area contributed by atoms with Gasteiger partial charge in [-0.2, -0.15) is 0 Å². The highest BCUT2D eigenvalue weighted by Gasteiger charge is 2.65. The van der Waals surface area contributed by atoms with Crippen LogP contribution in [0.4, 0.5) is 0 Å². The smallest absolute Gasteiger partial charge is 0.0138 e. The van der Waals surface area contributed by atoms with Crippen LogP contribution in [0, 0.1) is 29.6 Å². The van der Waals surface area contributed by atoms with Gasteiger partial charge in [0.15, 0.2) is 0 Å². The number of fused-ring (bicyclic) bond motifs is 5. The van der Waals surface area contributed by atoms with Gasteiger partial charge in [-0.25, -0.2) is 0 Å². The van der Waals surface area contributed by atoms with Crippen molar-refractivity contribution in [2.24, 2.45) is 29.6 Å². The van der Waals surface area contributed by atoms with Gasteiger partial charge < -0.3 is 5.32 Å². The van der Waals surface area contributed by atoms with Crippen LogP contribution in [0.5, 0.6) is 0 Å². The maximum atomic E-state index is 4.06. The molecule has 90 valence electrons. The van der Waals surface area contributed by atoms with Gasteiger partial charge in [0, 0.05) is 12.1 Å². The van der Waals surface area contributed by atoms with Crippen molar-refractivity contribution in [3.05, 3.63) is 0 Å². The van der Waals surface area contributed by atoms with Crippen molar-refractivity contribution in [1.29, 1.82) is 0 Å². The van der Waals surface area contributed by atoms with Gasteiger partial charge in [0.05, 0.1) is 0 Å². The van der Waals surface area contributed by atoms with Crippen LogP contribution in [0.3, 0.4) is 0 Å². The van der Waals surface area contributed by atoms with Crippen LogP contribution in [-0.2, 0) is 0 Å². The molecule has 0 spiro atoms. The van der Waals surface area contributed by atoms with E-state index in [-0.39, 0.29) is 0 Å². The zero-order chi connectivity index (χ0) is 10.7. The first-order valence-electron chi connectivity index (χ1n) is 7.64. The maximum Gasteiger partial charge on any atom is 0.0138 e. The number of rotatable bonds is 3. The summed E-state index contributed by atoms with van der Waals surface area (Å²) in [7, 11) is 0. The summed E-state index contributed by atoms with van der Waals surface area (Å²) in [5.74, 6) is 5.51. The Morgan fingerprint density at radius 3 is 2.44 bits per heavy atom. The monoisotopic (exact) mass is 219 g/mol. The van der Waals surface area contributed by atoms with E-state index in [1.54, 1.807) is 19.3 Å². The second-order valence-corrected chi connectivity index (χ2v) is 6.89. The molecular formula is C15H25N. The molecule has 4 rings (SSSR count). The molecule has 1 nitrogen and oxygen atoms in total. The lowest BCUT2D eigenvalue weighted by atomic mass is 9.99. The summed E-state index contributed by atoms with van der Waals surface area (Å²) in [6.45, 7) is 2.38. The standard InChI is InChI=1S/C15H25N/c1-2-9-4-3-5-12(9)16-15-13-10-6-7-11(8-10)14(13)15/h9-16H,2-8H2,1H3. The van der Waals surface area contributed by atoms with E-state index >= 15 is 0 Å². The van der Waals surface area contributed by atoms with Crippen LogP contribution in [0.2, 0.25) is 0 Å². The lowest BCUT2D eigenvalue weighted by Gasteiger charge is -2.21. The third-order valence-corrected chi connectivity index (χ3v) is 6.33. The topological polar surface area (TPSA) is 12.0 Å². The molecule has 0 aromatic carbocycles. The highest BCUT2D eigenvalue weighted by atomic mass is 15.1. The maximum absolute atomic E-state index is 4.06. The molecule has 0 radical (unpaired) electrons. The molecule has 6 atom stereocenters. The lowest BCUT2D eigenvalue weighted by molar-refractivity contribution is 0.352. The summed E-state index contributed by atoms with van der Waals surface area (Å²) in [4.78, 5) is 0. The summed E-state index contributed by atoms with van der Waals surface area (Å²) >= 11 is 0. The summed E-state index contributed by atoms with van der Waals surface area (Å²) in [5, 5.41) is 4.06. The predicted octanol–water partition coefficient (Wildman–Crippen LogP) is 3.20. The Balaban J connectivity index is 1.40. The van der Waals surface area contributed by atoms with Crippen molar-refractivity contribution >= 4 is 0 Å². The third kappa shape index (κ3) is 1.27. The second-order valence-electron chi connectivity index (χ2n) is 6.89. The first kappa shape index (κ1) is 9.94. The molecule has 6 unspecified atom stereocenters. The molecule has 4 fully saturated rings. The molecule has 0 aromatic rings. The first-order chi connectivity index (χ1) is 7.88. The van der Waals surface area contributed by atoms with E-state index in [9.17, 15) is 0 Å². The summed E-state index contributed by atoms with van der Waals surface area (Å²) in [6.07, 6.45) is 10.5. The van der Waals surface area contributed by atoms with Crippen molar-refractivity contribution in [2.75, 3.05) is 0 Å². The number of hydrogen-bond donors (Lipinski definition) is 1. The zero-order valence-electron chi connectivity index (χ0n) is 10.5. The summed E-state index contributed by atoms with van der Waals surface area (Å²) in [6, 6.07) is 1.85. The van der Waals surface area contributed by atoms with Crippen LogP contribution < -0.4 is 5.32 Å². The molecule has 2 bridgehead atoms. The van der Waals surface area contributed by atoms with Crippen molar-refractivity contribution in [3.63, 3.8) is 0 Å². The Morgan fingerprint density at radius 2 is 1.75 bits per heavy atom. The SMILES string of the molecule is CCC1CCCC1NC1C2C3CCC(C3)C12. The van der Waals surface area contributed by atoms with E-state index in [1.807, 2.05) is 0 Å². The Kier molecular flexibility index (Phi) is 2.16. The lowest BCUT2D eigenvalue weighted by Crippen LogP contribution is -2.36. The highest BCUT2D eigenvalue weighted by molar-refractivity contribution is 5.17. The minimum Gasteiger partial charge on any atom is -0.310 e. The van der Waals surface area contributed by atoms with Crippen LogP contribution in [-0.4, -0.2) is 12.1 Å². The molecule has 0 saturated heterocycles. The molecule has 0 aromatic heterocycles. The molecular weight excluding hydrogens is 194 g/mol. The Bertz CT molecular complexity index is 271. The molecule has 0 amide bonds. The minimum atomic E-state index is 0.889. The quantitative estimate of drug-likeness (QED) is 0.768. The van der Waals surface area contributed by atoms with E-state index in [2.05, 4.69) is 12.2 Å². The second kappa shape index (κ2) is 3.48. The van der Waals surface area contributed by atoms with Gasteiger partial charge in [0.1, 0.15) is 0 Å². The Labute approximate surface area is 99.4 Å². The van der Waals surface area contributed by atoms with E-state index in [0.717, 1.165) is 41.7 Å². The zero-order valence-corrected chi connectivity index (χ0v) is 10.5. The van der Waals surface area contributed by atoms with Gasteiger partial charge in [-0.1, -0.05) is 19.8 Å². The molecule has 0 aliphatic heterocycles. The molecule has 4 aliphatic carbocycles. The van der Waals surface area contributed by atoms with Gasteiger partial charge in [-0.15, -0.1) is 0 Å². The highest BCUT2D eigenvalue weighted by Crippen LogP contribution is 2.65. The Hall–Kier alpha value is -0.0400. The summed E-state index contributed by atoms with van der Waals surface area (Å²) < 4.78 is 0. The van der Waals surface area contributed by atoms with Crippen molar-refractivity contribution in [3.8, 4) is 0 Å². The van der Waals surface area contributed by atoms with E-state index in [0.29, 0.717) is 0 Å². The molecule has 1 N–H and O–H groups in total. The summed E-state index contributed by atoms with van der Waals surface area (Å²) in [5.41, 5.74) is 0. The van der Waals surface area contributed by atoms with E-state index in [4.69, 9.17) is 0 Å². The van der Waals surface area contributed by atoms with Crippen molar-refractivity contribution in [1.82, 2.24) is 5.32 Å². The van der Waals surface area contributed by atoms with Crippen LogP contribution in [0.1, 0.15) is 51.9 Å². The average Bonchev–Trinajstić information content (AvgIpc) is 2.74. The van der Waals surface area contributed by atoms with Gasteiger partial charge in [-0.3, -0.25) is 0 Å². The van der Waals surface area contributed by atoms with Crippen LogP contribution >= 0.6 is 0 Å². The fraction of sp³-hybridized carbons (Fsp3) is 1.00. The third-order valence-electron chi connectivity index (χ3n) is 6.33. The number of hydrogen-bond acceptors (Lipinski definition) is 1. The minimum absolute atomic E-state index is 0.889. The van der Waals surface area contributed by atoms with Crippen molar-refractivity contribution < 1.29 is 0 Å². The fourth-order valence-corrected chi connectivity index (χ4v) is 5.54. The predicted molar refractivity (Wildman–Crippen MR) is 66.2 cm³/mol. The van der Waals surface area contributed by atoms with Gasteiger partial charge >= 0.3 is 0 Å². The van der Waals surface area contributed by atoms with Gasteiger partial charge in [-0.05, 0) is 61.7 Å². The molecule has 16 heavy (non-hydrogen) atoms. The number of nitrogens with one attached hydrogen (secondary N) is 1. The molecule has 0 heterocycles. The van der Waals surface area contributed by atoms with Gasteiger partial charge in [0.25, 0.3) is 0 Å². The van der Waals surface area contributed by atoms with Crippen molar-refractivity contribution in [2.45, 2.75) is 64.0 Å².